The van der Waals surface area contributed by atoms with Gasteiger partial charge < -0.3 is 20.3 Å². The molecule has 14 heteroatoms. The van der Waals surface area contributed by atoms with Crippen molar-refractivity contribution in [3.8, 4) is 11.6 Å². The van der Waals surface area contributed by atoms with Gasteiger partial charge in [-0.3, -0.25) is 4.57 Å². The monoisotopic (exact) mass is 508 g/mol. The molecule has 0 radical (unpaired) electrons. The van der Waals surface area contributed by atoms with Gasteiger partial charge in [0.25, 0.3) is 5.85 Å². The van der Waals surface area contributed by atoms with Crippen molar-refractivity contribution in [3.63, 3.8) is 0 Å². The number of halogens is 2. The number of para-hydroxylation sites is 1. The van der Waals surface area contributed by atoms with E-state index in [0.29, 0.717) is 0 Å². The minimum absolute atomic E-state index is 0.0151. The molecule has 0 amide bonds. The fraction of sp³-hybridized carbons (Fsp3) is 0.381. The Morgan fingerprint density at radius 1 is 1.34 bits per heavy atom. The summed E-state index contributed by atoms with van der Waals surface area (Å²) in [6.07, 6.45) is -2.64. The number of alkyl halides is 2. The summed E-state index contributed by atoms with van der Waals surface area (Å²) in [6, 6.07) is 7.95. The van der Waals surface area contributed by atoms with Crippen LogP contribution in [0.25, 0.3) is 11.2 Å². The van der Waals surface area contributed by atoms with Gasteiger partial charge in [0.05, 0.1) is 12.9 Å². The number of anilines is 1. The molecule has 2 unspecified atom stereocenters. The molecule has 2 fully saturated rings. The van der Waals surface area contributed by atoms with E-state index in [1.165, 1.54) is 19.1 Å². The first kappa shape index (κ1) is 23.5. The number of nitrogens with zero attached hydrogens (tertiary/aromatic N) is 4. The van der Waals surface area contributed by atoms with Crippen LogP contribution >= 0.6 is 8.25 Å². The SMILES string of the molecule is C=C(C)[C@]1(F)[C@H](n2cnc3c(OCC)nc(N)nc32)O[C@]2(F)C(O[P+](=O)Oc3ccccc3)[C@@]21O. The average Bonchev–Trinajstić information content (AvgIpc) is 3.07. The first-order valence-electron chi connectivity index (χ1n) is 10.5. The van der Waals surface area contributed by atoms with E-state index < -0.39 is 37.7 Å². The third-order valence-electron chi connectivity index (χ3n) is 6.01. The maximum atomic E-state index is 16.6. The minimum atomic E-state index is -3.08. The van der Waals surface area contributed by atoms with E-state index in [1.807, 2.05) is 0 Å². The van der Waals surface area contributed by atoms with Crippen molar-refractivity contribution in [2.75, 3.05) is 12.3 Å². The topological polar surface area (TPSA) is 144 Å². The second-order valence-corrected chi connectivity index (χ2v) is 8.97. The zero-order valence-electron chi connectivity index (χ0n) is 18.6. The van der Waals surface area contributed by atoms with Crippen LogP contribution in [0.4, 0.5) is 14.7 Å². The van der Waals surface area contributed by atoms with Crippen molar-refractivity contribution >= 4 is 25.4 Å². The molecule has 184 valence electrons. The van der Waals surface area contributed by atoms with Crippen LogP contribution in [0, 0.1) is 0 Å². The van der Waals surface area contributed by atoms with E-state index in [1.54, 1.807) is 25.1 Å². The van der Waals surface area contributed by atoms with Crippen molar-refractivity contribution < 1.29 is 37.0 Å². The van der Waals surface area contributed by atoms with Crippen molar-refractivity contribution in [3.05, 3.63) is 48.8 Å². The fourth-order valence-electron chi connectivity index (χ4n) is 4.31. The normalized spacial score (nSPS) is 31.7. The predicted molar refractivity (Wildman–Crippen MR) is 118 cm³/mol. The molecule has 1 aliphatic heterocycles. The van der Waals surface area contributed by atoms with Crippen LogP contribution in [0.1, 0.15) is 20.1 Å². The summed E-state index contributed by atoms with van der Waals surface area (Å²) in [4.78, 5) is 12.1. The first-order chi connectivity index (χ1) is 16.6. The van der Waals surface area contributed by atoms with Crippen molar-refractivity contribution in [1.82, 2.24) is 19.5 Å². The molecule has 1 saturated heterocycles. The van der Waals surface area contributed by atoms with E-state index in [2.05, 4.69) is 21.5 Å². The molecule has 0 bridgehead atoms. The average molecular weight is 508 g/mol. The highest BCUT2D eigenvalue weighted by molar-refractivity contribution is 7.33. The maximum Gasteiger partial charge on any atom is 0.750 e. The highest BCUT2D eigenvalue weighted by atomic mass is 31.1. The molecule has 3 aromatic rings. The summed E-state index contributed by atoms with van der Waals surface area (Å²) in [5.41, 5.74) is -0.251. The molecule has 11 nitrogen and oxygen atoms in total. The molecule has 2 aromatic heterocycles. The van der Waals surface area contributed by atoms with E-state index in [0.717, 1.165) is 10.9 Å². The third-order valence-corrected chi connectivity index (χ3v) is 6.75. The Morgan fingerprint density at radius 2 is 2.06 bits per heavy atom. The van der Waals surface area contributed by atoms with Gasteiger partial charge in [0.15, 0.2) is 23.1 Å². The second-order valence-electron chi connectivity index (χ2n) is 8.13. The van der Waals surface area contributed by atoms with Crippen LogP contribution in [0.2, 0.25) is 0 Å². The second kappa shape index (κ2) is 7.89. The summed E-state index contributed by atoms with van der Waals surface area (Å²) in [6.45, 7) is 6.81. The molecule has 0 spiro atoms. The number of aromatic nitrogens is 4. The van der Waals surface area contributed by atoms with Gasteiger partial charge in [-0.1, -0.05) is 29.3 Å². The molecule has 6 atom stereocenters. The Balaban J connectivity index is 1.49. The Kier molecular flexibility index (Phi) is 5.29. The van der Waals surface area contributed by atoms with Crippen LogP contribution in [-0.4, -0.2) is 54.5 Å². The first-order valence-corrected chi connectivity index (χ1v) is 11.6. The van der Waals surface area contributed by atoms with Crippen LogP contribution < -0.4 is 15.0 Å². The van der Waals surface area contributed by atoms with Gasteiger partial charge in [0.1, 0.15) is 0 Å². The van der Waals surface area contributed by atoms with Crippen LogP contribution in [0.3, 0.4) is 0 Å². The smallest absolute Gasteiger partial charge is 0.476 e. The lowest BCUT2D eigenvalue weighted by Crippen LogP contribution is -2.48. The van der Waals surface area contributed by atoms with Gasteiger partial charge in [-0.15, -0.1) is 0 Å². The van der Waals surface area contributed by atoms with Crippen LogP contribution in [-0.2, 0) is 13.8 Å². The quantitative estimate of drug-likeness (QED) is 0.344. The molecule has 1 aliphatic carbocycles. The number of hydrogen-bond donors (Lipinski definition) is 2. The zero-order valence-corrected chi connectivity index (χ0v) is 19.5. The van der Waals surface area contributed by atoms with Gasteiger partial charge in [-0.2, -0.15) is 9.97 Å². The zero-order chi connectivity index (χ0) is 25.2. The third kappa shape index (κ3) is 3.16. The summed E-state index contributed by atoms with van der Waals surface area (Å²) >= 11 is 0. The molecule has 1 aromatic carbocycles. The van der Waals surface area contributed by atoms with E-state index >= 15 is 8.78 Å². The molecular formula is C21H21F2N5O6P+. The number of imidazole rings is 1. The lowest BCUT2D eigenvalue weighted by atomic mass is 9.88. The maximum absolute atomic E-state index is 16.6. The molecule has 5 rings (SSSR count). The van der Waals surface area contributed by atoms with Gasteiger partial charge in [0.2, 0.25) is 29.2 Å². The lowest BCUT2D eigenvalue weighted by molar-refractivity contribution is -0.151. The number of aliphatic hydroxyl groups is 1. The standard InChI is InChI=1S/C21H21F2N5O6P/c1-4-31-15-13-14(26-18(24)27-15)28(10-25-13)17-19(22,11(2)3)20(29)16(21(20,23)32-17)34-35(30)33-12-8-6-5-7-9-12/h5-10,16-17,29H,2,4H2,1,3H3,(H2,24,26,27)/q+1/t16?,17-,19+,20+,21-/m1/s1. The summed E-state index contributed by atoms with van der Waals surface area (Å²) < 4.78 is 66.8. The largest absolute Gasteiger partial charge is 0.750 e. The molecule has 35 heavy (non-hydrogen) atoms. The number of nitrogens with two attached hydrogens (primary N) is 1. The van der Waals surface area contributed by atoms with E-state index in [-0.39, 0.29) is 40.9 Å². The van der Waals surface area contributed by atoms with Gasteiger partial charge in [-0.05, 0) is 31.6 Å². The predicted octanol–water partition coefficient (Wildman–Crippen LogP) is 3.15. The number of ether oxygens (including phenoxy) is 2. The lowest BCUT2D eigenvalue weighted by Gasteiger charge is -2.32. The fourth-order valence-corrected chi connectivity index (χ4v) is 5.11. The molecule has 3 heterocycles. The van der Waals surface area contributed by atoms with Crippen molar-refractivity contribution in [2.24, 2.45) is 0 Å². The molecule has 1 saturated carbocycles. The number of hydrogen-bond acceptors (Lipinski definition) is 10. The highest BCUT2D eigenvalue weighted by Gasteiger charge is 2.99. The molecule has 2 aliphatic rings. The summed E-state index contributed by atoms with van der Waals surface area (Å²) in [5, 5.41) is 11.2. The number of nitrogen functional groups attached to an aromatic ring is 1. The van der Waals surface area contributed by atoms with Crippen molar-refractivity contribution in [2.45, 2.75) is 43.3 Å². The van der Waals surface area contributed by atoms with Crippen molar-refractivity contribution in [1.29, 1.82) is 0 Å². The Bertz CT molecular complexity index is 1340. The Morgan fingerprint density at radius 3 is 2.71 bits per heavy atom. The summed E-state index contributed by atoms with van der Waals surface area (Å²) in [7, 11) is -2.98. The van der Waals surface area contributed by atoms with Gasteiger partial charge >= 0.3 is 8.25 Å². The Labute approximate surface area is 198 Å². The number of rotatable bonds is 8. The number of fused-ring (bicyclic) bond motifs is 2. The van der Waals surface area contributed by atoms with Crippen LogP contribution in [0.15, 0.2) is 48.8 Å². The summed E-state index contributed by atoms with van der Waals surface area (Å²) in [5.74, 6) is -3.05. The highest BCUT2D eigenvalue weighted by Crippen LogP contribution is 2.73. The van der Waals surface area contributed by atoms with E-state index in [9.17, 15) is 9.67 Å². The van der Waals surface area contributed by atoms with Gasteiger partial charge in [0, 0.05) is 4.57 Å². The Hall–Kier alpha value is -3.25. The van der Waals surface area contributed by atoms with E-state index in [4.69, 9.17) is 24.3 Å². The van der Waals surface area contributed by atoms with Crippen LogP contribution in [0.5, 0.6) is 11.6 Å². The molecular weight excluding hydrogens is 487 g/mol. The molecule has 3 N–H and O–H groups in total. The minimum Gasteiger partial charge on any atom is -0.476 e. The van der Waals surface area contributed by atoms with Gasteiger partial charge in [-0.25, -0.2) is 18.3 Å². The number of benzene rings is 1.